The van der Waals surface area contributed by atoms with E-state index in [1.165, 1.54) is 4.57 Å². The number of hydrogen-bond donors (Lipinski definition) is 1. The van der Waals surface area contributed by atoms with E-state index >= 15 is 0 Å². The van der Waals surface area contributed by atoms with Crippen LogP contribution in [0.2, 0.25) is 0 Å². The third-order valence-corrected chi connectivity index (χ3v) is 2.99. The van der Waals surface area contributed by atoms with Gasteiger partial charge in [0, 0.05) is 37.9 Å². The lowest BCUT2D eigenvalue weighted by molar-refractivity contribution is -0.132. The predicted molar refractivity (Wildman–Crippen MR) is 64.9 cm³/mol. The van der Waals surface area contributed by atoms with Gasteiger partial charge in [-0.3, -0.25) is 9.59 Å². The summed E-state index contributed by atoms with van der Waals surface area (Å²) in [6.45, 7) is 5.00. The first-order valence-corrected chi connectivity index (χ1v) is 5.83. The Morgan fingerprint density at radius 3 is 2.82 bits per heavy atom. The maximum atomic E-state index is 12.0. The minimum Gasteiger partial charge on any atom is -0.339 e. The van der Waals surface area contributed by atoms with E-state index in [9.17, 15) is 9.59 Å². The van der Waals surface area contributed by atoms with E-state index in [1.807, 2.05) is 0 Å². The zero-order valence-electron chi connectivity index (χ0n) is 9.98. The fourth-order valence-corrected chi connectivity index (χ4v) is 1.94. The number of piperazine rings is 1. The Labute approximate surface area is 100 Å². The number of pyridine rings is 1. The second kappa shape index (κ2) is 5.14. The first-order chi connectivity index (χ1) is 8.18. The molecule has 1 fully saturated rings. The van der Waals surface area contributed by atoms with Crippen LogP contribution < -0.4 is 10.9 Å². The second-order valence-electron chi connectivity index (χ2n) is 4.26. The largest absolute Gasteiger partial charge is 0.339 e. The zero-order chi connectivity index (χ0) is 12.3. The number of hydrogen-bond acceptors (Lipinski definition) is 3. The number of nitrogens with zero attached hydrogens (tertiary/aromatic N) is 2. The second-order valence-corrected chi connectivity index (χ2v) is 4.26. The highest BCUT2D eigenvalue weighted by Crippen LogP contribution is 1.96. The first kappa shape index (κ1) is 11.9. The van der Waals surface area contributed by atoms with Crippen molar-refractivity contribution in [2.24, 2.45) is 0 Å². The lowest BCUT2D eigenvalue weighted by Gasteiger charge is -2.27. The molecule has 5 heteroatoms. The van der Waals surface area contributed by atoms with Crippen molar-refractivity contribution in [3.8, 4) is 0 Å². The summed E-state index contributed by atoms with van der Waals surface area (Å²) in [5.41, 5.74) is 0.580. The number of rotatable bonds is 2. The minimum absolute atomic E-state index is 0.0131. The van der Waals surface area contributed by atoms with E-state index in [1.54, 1.807) is 30.2 Å². The van der Waals surface area contributed by atoms with Gasteiger partial charge in [0.05, 0.1) is 0 Å². The summed E-state index contributed by atoms with van der Waals surface area (Å²) in [7, 11) is 0. The topological polar surface area (TPSA) is 54.3 Å². The molecule has 2 rings (SSSR count). The third kappa shape index (κ3) is 2.74. The van der Waals surface area contributed by atoms with Gasteiger partial charge in [0.15, 0.2) is 0 Å². The van der Waals surface area contributed by atoms with Crippen LogP contribution in [-0.2, 0) is 11.3 Å². The summed E-state index contributed by atoms with van der Waals surface area (Å²) in [5, 5.41) is 3.19. The number of aromatic nitrogens is 1. The number of aryl methyl sites for hydroxylation is 1. The van der Waals surface area contributed by atoms with Crippen LogP contribution in [0.15, 0.2) is 23.1 Å². The van der Waals surface area contributed by atoms with E-state index in [4.69, 9.17) is 0 Å². The van der Waals surface area contributed by atoms with E-state index in [0.29, 0.717) is 5.56 Å². The molecule has 1 N–H and O–H groups in total. The molecule has 2 heterocycles. The average molecular weight is 235 g/mol. The molecular weight excluding hydrogens is 218 g/mol. The molecular formula is C12H17N3O2. The van der Waals surface area contributed by atoms with Crippen LogP contribution in [-0.4, -0.2) is 41.6 Å². The van der Waals surface area contributed by atoms with Crippen molar-refractivity contribution in [1.29, 1.82) is 0 Å². The molecule has 0 unspecified atom stereocenters. The summed E-state index contributed by atoms with van der Waals surface area (Å²) in [4.78, 5) is 25.5. The smallest absolute Gasteiger partial charge is 0.253 e. The van der Waals surface area contributed by atoms with Crippen LogP contribution in [0, 0.1) is 6.92 Å². The normalized spacial score (nSPS) is 15.9. The molecule has 17 heavy (non-hydrogen) atoms. The number of carbonyl (C=O) groups excluding carboxylic acids is 1. The standard InChI is InChI=1S/C12H17N3O2/c1-10-3-2-6-15(12(10)17)9-11(16)14-7-4-13-5-8-14/h2-3,6,13H,4-5,7-9H2,1H3. The highest BCUT2D eigenvalue weighted by molar-refractivity contribution is 5.76. The number of amides is 1. The van der Waals surface area contributed by atoms with Gasteiger partial charge in [-0.05, 0) is 13.0 Å². The molecule has 0 spiro atoms. The molecule has 5 nitrogen and oxygen atoms in total. The molecule has 1 aliphatic rings. The van der Waals surface area contributed by atoms with Gasteiger partial charge in [-0.2, -0.15) is 0 Å². The van der Waals surface area contributed by atoms with Crippen LogP contribution in [0.25, 0.3) is 0 Å². The zero-order valence-corrected chi connectivity index (χ0v) is 9.98. The van der Waals surface area contributed by atoms with Crippen molar-refractivity contribution in [3.05, 3.63) is 34.2 Å². The predicted octanol–water partition coefficient (Wildman–Crippen LogP) is -0.411. The minimum atomic E-state index is -0.0871. The van der Waals surface area contributed by atoms with Crippen molar-refractivity contribution >= 4 is 5.91 Å². The Bertz CT molecular complexity index is 461. The van der Waals surface area contributed by atoms with Crippen molar-refractivity contribution < 1.29 is 4.79 Å². The van der Waals surface area contributed by atoms with Crippen LogP contribution in [0.1, 0.15) is 5.56 Å². The van der Waals surface area contributed by atoms with Gasteiger partial charge in [-0.1, -0.05) is 6.07 Å². The van der Waals surface area contributed by atoms with E-state index in [-0.39, 0.29) is 18.0 Å². The molecule has 0 aliphatic carbocycles. The summed E-state index contributed by atoms with van der Waals surface area (Å²) in [5.74, 6) is 0.0131. The van der Waals surface area contributed by atoms with Crippen LogP contribution in [0.4, 0.5) is 0 Å². The van der Waals surface area contributed by atoms with Crippen LogP contribution in [0.3, 0.4) is 0 Å². The monoisotopic (exact) mass is 235 g/mol. The van der Waals surface area contributed by atoms with Gasteiger partial charge >= 0.3 is 0 Å². The Morgan fingerprint density at radius 2 is 2.12 bits per heavy atom. The SMILES string of the molecule is Cc1cccn(CC(=O)N2CCNCC2)c1=O. The van der Waals surface area contributed by atoms with E-state index < -0.39 is 0 Å². The molecule has 0 aromatic carbocycles. The molecule has 0 saturated carbocycles. The molecule has 1 aromatic heterocycles. The van der Waals surface area contributed by atoms with E-state index in [0.717, 1.165) is 26.2 Å². The summed E-state index contributed by atoms with van der Waals surface area (Å²) in [6, 6.07) is 3.55. The highest BCUT2D eigenvalue weighted by atomic mass is 16.2. The number of carbonyl (C=O) groups is 1. The molecule has 1 aliphatic heterocycles. The third-order valence-electron chi connectivity index (χ3n) is 2.99. The van der Waals surface area contributed by atoms with Crippen molar-refractivity contribution in [1.82, 2.24) is 14.8 Å². The van der Waals surface area contributed by atoms with Crippen LogP contribution >= 0.6 is 0 Å². The molecule has 0 bridgehead atoms. The Hall–Kier alpha value is -1.62. The Morgan fingerprint density at radius 1 is 1.41 bits per heavy atom. The fourth-order valence-electron chi connectivity index (χ4n) is 1.94. The molecule has 92 valence electrons. The van der Waals surface area contributed by atoms with Gasteiger partial charge in [-0.15, -0.1) is 0 Å². The van der Waals surface area contributed by atoms with Gasteiger partial charge in [0.1, 0.15) is 6.54 Å². The summed E-state index contributed by atoms with van der Waals surface area (Å²) < 4.78 is 1.47. The Balaban J connectivity index is 2.07. The highest BCUT2D eigenvalue weighted by Gasteiger charge is 2.16. The van der Waals surface area contributed by atoms with Gasteiger partial charge in [-0.25, -0.2) is 0 Å². The first-order valence-electron chi connectivity index (χ1n) is 5.83. The molecule has 1 aromatic rings. The van der Waals surface area contributed by atoms with Gasteiger partial charge in [0.25, 0.3) is 5.56 Å². The molecule has 0 atom stereocenters. The van der Waals surface area contributed by atoms with Crippen molar-refractivity contribution in [2.75, 3.05) is 26.2 Å². The summed E-state index contributed by atoms with van der Waals surface area (Å²) in [6.07, 6.45) is 1.66. The maximum absolute atomic E-state index is 12.0. The van der Waals surface area contributed by atoms with Gasteiger partial charge in [0.2, 0.25) is 5.91 Å². The quantitative estimate of drug-likeness (QED) is 0.758. The molecule has 1 saturated heterocycles. The lowest BCUT2D eigenvalue weighted by Crippen LogP contribution is -2.48. The summed E-state index contributed by atoms with van der Waals surface area (Å²) >= 11 is 0. The molecule has 1 amide bonds. The van der Waals surface area contributed by atoms with Gasteiger partial charge < -0.3 is 14.8 Å². The Kier molecular flexibility index (Phi) is 3.58. The fraction of sp³-hybridized carbons (Fsp3) is 0.500. The van der Waals surface area contributed by atoms with E-state index in [2.05, 4.69) is 5.32 Å². The number of nitrogens with one attached hydrogen (secondary N) is 1. The maximum Gasteiger partial charge on any atom is 0.253 e. The average Bonchev–Trinajstić information content (AvgIpc) is 2.36. The van der Waals surface area contributed by atoms with Crippen LogP contribution in [0.5, 0.6) is 0 Å². The van der Waals surface area contributed by atoms with Crippen molar-refractivity contribution in [3.63, 3.8) is 0 Å². The molecule has 0 radical (unpaired) electrons. The van der Waals surface area contributed by atoms with Crippen molar-refractivity contribution in [2.45, 2.75) is 13.5 Å². The lowest BCUT2D eigenvalue weighted by atomic mass is 10.3.